The van der Waals surface area contributed by atoms with E-state index in [1.165, 1.54) is 5.56 Å². The Kier molecular flexibility index (Phi) is 8.71. The largest absolute Gasteiger partial charge is 0.494 e. The summed E-state index contributed by atoms with van der Waals surface area (Å²) in [6.45, 7) is 3.67. The molecule has 0 bridgehead atoms. The molecule has 0 amide bonds. The lowest BCUT2D eigenvalue weighted by molar-refractivity contribution is 0.309. The smallest absolute Gasteiger partial charge is 0.185 e. The van der Waals surface area contributed by atoms with E-state index in [9.17, 15) is 0 Å². The third kappa shape index (κ3) is 7.94. The van der Waals surface area contributed by atoms with Gasteiger partial charge >= 0.3 is 0 Å². The van der Waals surface area contributed by atoms with Crippen LogP contribution in [-0.4, -0.2) is 24.9 Å². The van der Waals surface area contributed by atoms with Crippen molar-refractivity contribution in [2.24, 2.45) is 16.5 Å². The SMILES string of the molecule is CCCCOc1ccc(CSCCCN=C(N)N)cc1. The molecule has 0 fully saturated rings. The molecule has 1 aromatic carbocycles. The average molecular weight is 295 g/mol. The number of benzene rings is 1. The predicted octanol–water partition coefficient (Wildman–Crippen LogP) is 2.76. The highest BCUT2D eigenvalue weighted by atomic mass is 32.2. The quantitative estimate of drug-likeness (QED) is 0.395. The van der Waals surface area contributed by atoms with Gasteiger partial charge in [0.2, 0.25) is 0 Å². The van der Waals surface area contributed by atoms with Crippen LogP contribution >= 0.6 is 11.8 Å². The van der Waals surface area contributed by atoms with Crippen molar-refractivity contribution in [3.63, 3.8) is 0 Å². The molecule has 112 valence electrons. The molecule has 0 aliphatic rings. The Hall–Kier alpha value is -1.36. The van der Waals surface area contributed by atoms with E-state index in [4.69, 9.17) is 16.2 Å². The van der Waals surface area contributed by atoms with Crippen molar-refractivity contribution in [1.29, 1.82) is 0 Å². The summed E-state index contributed by atoms with van der Waals surface area (Å²) in [6.07, 6.45) is 3.27. The number of aliphatic imine (C=N–C) groups is 1. The van der Waals surface area contributed by atoms with Crippen molar-refractivity contribution in [3.8, 4) is 5.75 Å². The van der Waals surface area contributed by atoms with Crippen LogP contribution in [0.25, 0.3) is 0 Å². The van der Waals surface area contributed by atoms with Crippen LogP contribution in [0.1, 0.15) is 31.7 Å². The van der Waals surface area contributed by atoms with Crippen LogP contribution in [0, 0.1) is 0 Å². The van der Waals surface area contributed by atoms with Crippen LogP contribution in [0.3, 0.4) is 0 Å². The van der Waals surface area contributed by atoms with Crippen molar-refractivity contribution in [2.45, 2.75) is 31.9 Å². The van der Waals surface area contributed by atoms with Gasteiger partial charge in [0.15, 0.2) is 5.96 Å². The topological polar surface area (TPSA) is 73.6 Å². The van der Waals surface area contributed by atoms with E-state index in [2.05, 4.69) is 24.0 Å². The summed E-state index contributed by atoms with van der Waals surface area (Å²) >= 11 is 1.89. The van der Waals surface area contributed by atoms with Crippen LogP contribution in [-0.2, 0) is 5.75 Å². The maximum atomic E-state index is 5.64. The van der Waals surface area contributed by atoms with Gasteiger partial charge in [0.1, 0.15) is 5.75 Å². The van der Waals surface area contributed by atoms with E-state index in [0.29, 0.717) is 6.54 Å². The normalized spacial score (nSPS) is 10.2. The first-order valence-corrected chi connectivity index (χ1v) is 8.22. The molecule has 0 spiro atoms. The third-order valence-corrected chi connectivity index (χ3v) is 3.81. The zero-order valence-corrected chi connectivity index (χ0v) is 13.0. The Labute approximate surface area is 126 Å². The van der Waals surface area contributed by atoms with Gasteiger partial charge in [0.05, 0.1) is 6.61 Å². The van der Waals surface area contributed by atoms with E-state index in [1.807, 2.05) is 23.9 Å². The second-order valence-corrected chi connectivity index (χ2v) is 5.66. The molecule has 0 saturated heterocycles. The second kappa shape index (κ2) is 10.4. The first kappa shape index (κ1) is 16.7. The number of guanidine groups is 1. The summed E-state index contributed by atoms with van der Waals surface area (Å²) in [5.41, 5.74) is 11.8. The molecule has 1 rings (SSSR count). The number of nitrogens with zero attached hydrogens (tertiary/aromatic N) is 1. The molecule has 0 aliphatic carbocycles. The van der Waals surface area contributed by atoms with Gasteiger partial charge in [-0.25, -0.2) is 0 Å². The van der Waals surface area contributed by atoms with Crippen LogP contribution in [0.5, 0.6) is 5.75 Å². The molecule has 0 aliphatic heterocycles. The highest BCUT2D eigenvalue weighted by molar-refractivity contribution is 7.98. The van der Waals surface area contributed by atoms with E-state index >= 15 is 0 Å². The molecule has 20 heavy (non-hydrogen) atoms. The van der Waals surface area contributed by atoms with E-state index in [0.717, 1.165) is 43.1 Å². The molecule has 0 heterocycles. The summed E-state index contributed by atoms with van der Waals surface area (Å²) in [6, 6.07) is 8.35. The number of unbranched alkanes of at least 4 members (excludes halogenated alkanes) is 1. The minimum absolute atomic E-state index is 0.175. The maximum absolute atomic E-state index is 5.64. The summed E-state index contributed by atoms with van der Waals surface area (Å²) < 4.78 is 5.64. The number of nitrogens with two attached hydrogens (primary N) is 2. The number of ether oxygens (including phenoxy) is 1. The van der Waals surface area contributed by atoms with Crippen LogP contribution in [0.4, 0.5) is 0 Å². The van der Waals surface area contributed by atoms with Crippen molar-refractivity contribution >= 4 is 17.7 Å². The minimum Gasteiger partial charge on any atom is -0.494 e. The van der Waals surface area contributed by atoms with Crippen molar-refractivity contribution < 1.29 is 4.74 Å². The molecule has 5 heteroatoms. The summed E-state index contributed by atoms with van der Waals surface area (Å²) in [5, 5.41) is 0. The standard InChI is InChI=1S/C15H25N3OS/c1-2-3-10-19-14-7-5-13(6-8-14)12-20-11-4-9-18-15(16)17/h5-8H,2-4,9-12H2,1H3,(H4,16,17,18). The lowest BCUT2D eigenvalue weighted by Gasteiger charge is -2.06. The average Bonchev–Trinajstić information content (AvgIpc) is 2.44. The molecule has 0 aromatic heterocycles. The van der Waals surface area contributed by atoms with Crippen molar-refractivity contribution in [3.05, 3.63) is 29.8 Å². The third-order valence-electron chi connectivity index (χ3n) is 2.70. The van der Waals surface area contributed by atoms with Gasteiger partial charge in [-0.3, -0.25) is 4.99 Å². The number of thioether (sulfide) groups is 1. The molecular formula is C15H25N3OS. The second-order valence-electron chi connectivity index (χ2n) is 4.56. The molecule has 4 nitrogen and oxygen atoms in total. The minimum atomic E-state index is 0.175. The Balaban J connectivity index is 2.16. The van der Waals surface area contributed by atoms with Crippen molar-refractivity contribution in [2.75, 3.05) is 18.9 Å². The molecule has 0 atom stereocenters. The van der Waals surface area contributed by atoms with Gasteiger partial charge in [-0.15, -0.1) is 0 Å². The van der Waals surface area contributed by atoms with Gasteiger partial charge < -0.3 is 16.2 Å². The summed E-state index contributed by atoms with van der Waals surface area (Å²) in [7, 11) is 0. The Morgan fingerprint density at radius 1 is 1.20 bits per heavy atom. The number of hydrogen-bond donors (Lipinski definition) is 2. The van der Waals surface area contributed by atoms with Gasteiger partial charge in [-0.05, 0) is 36.3 Å². The summed E-state index contributed by atoms with van der Waals surface area (Å²) in [4.78, 5) is 3.96. The zero-order valence-electron chi connectivity index (χ0n) is 12.2. The highest BCUT2D eigenvalue weighted by Crippen LogP contribution is 2.17. The monoisotopic (exact) mass is 295 g/mol. The van der Waals surface area contributed by atoms with Crippen LogP contribution in [0.2, 0.25) is 0 Å². The van der Waals surface area contributed by atoms with Crippen LogP contribution < -0.4 is 16.2 Å². The Morgan fingerprint density at radius 3 is 2.60 bits per heavy atom. The molecular weight excluding hydrogens is 270 g/mol. The zero-order chi connectivity index (χ0) is 14.6. The van der Waals surface area contributed by atoms with E-state index in [1.54, 1.807) is 0 Å². The lowest BCUT2D eigenvalue weighted by atomic mass is 10.2. The highest BCUT2D eigenvalue weighted by Gasteiger charge is 1.96. The first-order chi connectivity index (χ1) is 9.72. The fraction of sp³-hybridized carbons (Fsp3) is 0.533. The van der Waals surface area contributed by atoms with Gasteiger partial charge in [0, 0.05) is 12.3 Å². The molecule has 0 saturated carbocycles. The Morgan fingerprint density at radius 2 is 1.95 bits per heavy atom. The maximum Gasteiger partial charge on any atom is 0.185 e. The lowest BCUT2D eigenvalue weighted by Crippen LogP contribution is -2.23. The Bertz CT molecular complexity index is 389. The molecule has 0 radical (unpaired) electrons. The van der Waals surface area contributed by atoms with Gasteiger partial charge in [0.25, 0.3) is 0 Å². The molecule has 4 N–H and O–H groups in total. The summed E-state index contributed by atoms with van der Waals surface area (Å²) in [5.74, 6) is 3.20. The first-order valence-electron chi connectivity index (χ1n) is 7.07. The predicted molar refractivity (Wildman–Crippen MR) is 88.3 cm³/mol. The van der Waals surface area contributed by atoms with Gasteiger partial charge in [-0.1, -0.05) is 25.5 Å². The molecule has 0 unspecified atom stereocenters. The molecule has 1 aromatic rings. The van der Waals surface area contributed by atoms with Gasteiger partial charge in [-0.2, -0.15) is 11.8 Å². The fourth-order valence-electron chi connectivity index (χ4n) is 1.58. The number of hydrogen-bond acceptors (Lipinski definition) is 3. The van der Waals surface area contributed by atoms with E-state index < -0.39 is 0 Å². The fourth-order valence-corrected chi connectivity index (χ4v) is 2.49. The van der Waals surface area contributed by atoms with Crippen LogP contribution in [0.15, 0.2) is 29.3 Å². The number of rotatable bonds is 10. The van der Waals surface area contributed by atoms with E-state index in [-0.39, 0.29) is 5.96 Å². The van der Waals surface area contributed by atoms with Crippen molar-refractivity contribution in [1.82, 2.24) is 0 Å².